The molecule has 3 N–H and O–H groups in total. The van der Waals surface area contributed by atoms with Crippen molar-refractivity contribution in [3.8, 4) is 11.5 Å². The summed E-state index contributed by atoms with van der Waals surface area (Å²) in [5.74, 6) is 1.75. The minimum Gasteiger partial charge on any atom is -0.454 e. The highest BCUT2D eigenvalue weighted by atomic mass is 16.7. The van der Waals surface area contributed by atoms with Crippen molar-refractivity contribution >= 4 is 0 Å². The average Bonchev–Trinajstić information content (AvgIpc) is 2.95. The number of hydrogen-bond donors (Lipinski definition) is 2. The Bertz CT molecular complexity index is 433. The molecular formula is C15H24N2O3+2. The standard InChI is InChI=1S/C15H22N2O3/c1(5-17-6-8-18-9-7-17)4-16-11-13-2-3-14-15(10-13)20-12-19-14/h2-3,10,16H,1,4-9,11-12H2/p+2. The van der Waals surface area contributed by atoms with Crippen LogP contribution >= 0.6 is 0 Å². The zero-order valence-corrected chi connectivity index (χ0v) is 11.9. The summed E-state index contributed by atoms with van der Waals surface area (Å²) >= 11 is 0. The zero-order valence-electron chi connectivity index (χ0n) is 11.9. The summed E-state index contributed by atoms with van der Waals surface area (Å²) in [7, 11) is 0. The first kappa shape index (κ1) is 13.7. The summed E-state index contributed by atoms with van der Waals surface area (Å²) in [5, 5.41) is 2.37. The quantitative estimate of drug-likeness (QED) is 0.643. The Balaban J connectivity index is 1.33. The number of hydrogen-bond acceptors (Lipinski definition) is 3. The van der Waals surface area contributed by atoms with Crippen molar-refractivity contribution in [2.24, 2.45) is 0 Å². The lowest BCUT2D eigenvalue weighted by Gasteiger charge is -2.23. The molecule has 0 atom stereocenters. The molecule has 5 nitrogen and oxygen atoms in total. The van der Waals surface area contributed by atoms with E-state index < -0.39 is 0 Å². The van der Waals surface area contributed by atoms with E-state index >= 15 is 0 Å². The molecule has 1 aromatic rings. The first-order chi connectivity index (χ1) is 9.92. The fourth-order valence-electron chi connectivity index (χ4n) is 2.74. The largest absolute Gasteiger partial charge is 0.454 e. The lowest BCUT2D eigenvalue weighted by molar-refractivity contribution is -0.909. The third-order valence-corrected chi connectivity index (χ3v) is 3.96. The summed E-state index contributed by atoms with van der Waals surface area (Å²) in [4.78, 5) is 1.69. The van der Waals surface area contributed by atoms with Crippen LogP contribution in [0.25, 0.3) is 0 Å². The van der Waals surface area contributed by atoms with Gasteiger partial charge in [-0.25, -0.2) is 0 Å². The molecule has 0 unspecified atom stereocenters. The Morgan fingerprint density at radius 1 is 1.10 bits per heavy atom. The number of fused-ring (bicyclic) bond motifs is 1. The van der Waals surface area contributed by atoms with E-state index in [9.17, 15) is 0 Å². The number of quaternary nitrogens is 2. The van der Waals surface area contributed by atoms with E-state index in [-0.39, 0.29) is 0 Å². The van der Waals surface area contributed by atoms with Gasteiger partial charge in [0.1, 0.15) is 19.6 Å². The fourth-order valence-corrected chi connectivity index (χ4v) is 2.74. The topological polar surface area (TPSA) is 48.7 Å². The van der Waals surface area contributed by atoms with E-state index in [1.165, 1.54) is 38.2 Å². The van der Waals surface area contributed by atoms with Crippen LogP contribution in [0.3, 0.4) is 0 Å². The summed E-state index contributed by atoms with van der Waals surface area (Å²) < 4.78 is 16.1. The van der Waals surface area contributed by atoms with Crippen LogP contribution in [-0.4, -0.2) is 46.2 Å². The van der Waals surface area contributed by atoms with Crippen molar-refractivity contribution in [1.29, 1.82) is 0 Å². The second kappa shape index (κ2) is 6.92. The van der Waals surface area contributed by atoms with E-state index in [2.05, 4.69) is 17.4 Å². The number of nitrogens with two attached hydrogens (primary N) is 1. The van der Waals surface area contributed by atoms with E-state index in [4.69, 9.17) is 14.2 Å². The molecule has 20 heavy (non-hydrogen) atoms. The molecule has 1 fully saturated rings. The third kappa shape index (κ3) is 3.62. The monoisotopic (exact) mass is 280 g/mol. The predicted molar refractivity (Wildman–Crippen MR) is 74.1 cm³/mol. The van der Waals surface area contributed by atoms with Gasteiger partial charge in [0.2, 0.25) is 6.79 Å². The Labute approximate surface area is 119 Å². The molecule has 0 spiro atoms. The highest BCUT2D eigenvalue weighted by Crippen LogP contribution is 2.32. The van der Waals surface area contributed by atoms with Crippen LogP contribution in [0, 0.1) is 0 Å². The minimum absolute atomic E-state index is 0.352. The van der Waals surface area contributed by atoms with Crippen molar-refractivity contribution in [3.05, 3.63) is 23.8 Å². The van der Waals surface area contributed by atoms with E-state index in [1.54, 1.807) is 4.90 Å². The van der Waals surface area contributed by atoms with Crippen LogP contribution in [0.2, 0.25) is 0 Å². The summed E-state index contributed by atoms with van der Waals surface area (Å²) in [6.07, 6.45) is 1.26. The number of benzene rings is 1. The van der Waals surface area contributed by atoms with Crippen LogP contribution in [0.15, 0.2) is 18.2 Å². The fraction of sp³-hybridized carbons (Fsp3) is 0.600. The van der Waals surface area contributed by atoms with Crippen molar-refractivity contribution in [2.75, 3.05) is 46.2 Å². The van der Waals surface area contributed by atoms with Gasteiger partial charge in [0.15, 0.2) is 11.5 Å². The second-order valence-electron chi connectivity index (χ2n) is 5.44. The van der Waals surface area contributed by atoms with Gasteiger partial charge in [-0.05, 0) is 18.2 Å². The summed E-state index contributed by atoms with van der Waals surface area (Å²) in [5.41, 5.74) is 1.30. The van der Waals surface area contributed by atoms with Gasteiger partial charge in [0.05, 0.1) is 26.3 Å². The van der Waals surface area contributed by atoms with Gasteiger partial charge < -0.3 is 24.4 Å². The molecule has 5 heteroatoms. The van der Waals surface area contributed by atoms with Gasteiger partial charge >= 0.3 is 0 Å². The lowest BCUT2D eigenvalue weighted by Crippen LogP contribution is -3.14. The third-order valence-electron chi connectivity index (χ3n) is 3.96. The van der Waals surface area contributed by atoms with Gasteiger partial charge in [-0.15, -0.1) is 0 Å². The van der Waals surface area contributed by atoms with Gasteiger partial charge in [-0.3, -0.25) is 0 Å². The molecule has 2 aliphatic rings. The molecule has 0 aliphatic carbocycles. The van der Waals surface area contributed by atoms with Gasteiger partial charge in [0, 0.05) is 12.0 Å². The zero-order chi connectivity index (χ0) is 13.6. The Morgan fingerprint density at radius 2 is 1.95 bits per heavy atom. The molecule has 2 aliphatic heterocycles. The van der Waals surface area contributed by atoms with Crippen LogP contribution in [-0.2, 0) is 11.3 Å². The average molecular weight is 280 g/mol. The Morgan fingerprint density at radius 3 is 2.85 bits per heavy atom. The molecule has 1 saturated heterocycles. The van der Waals surface area contributed by atoms with E-state index in [0.29, 0.717) is 6.79 Å². The van der Waals surface area contributed by atoms with Gasteiger partial charge in [-0.1, -0.05) is 0 Å². The van der Waals surface area contributed by atoms with Crippen LogP contribution < -0.4 is 19.7 Å². The highest BCUT2D eigenvalue weighted by Gasteiger charge is 2.14. The van der Waals surface area contributed by atoms with Crippen LogP contribution in [0.4, 0.5) is 0 Å². The molecule has 0 aromatic heterocycles. The number of rotatable bonds is 6. The minimum atomic E-state index is 0.352. The normalized spacial score (nSPS) is 18.4. The second-order valence-corrected chi connectivity index (χ2v) is 5.44. The predicted octanol–water partition coefficient (Wildman–Crippen LogP) is -1.22. The van der Waals surface area contributed by atoms with Gasteiger partial charge in [0.25, 0.3) is 0 Å². The first-order valence-electron chi connectivity index (χ1n) is 7.53. The van der Waals surface area contributed by atoms with Crippen molar-refractivity contribution in [3.63, 3.8) is 0 Å². The maximum absolute atomic E-state index is 5.39. The smallest absolute Gasteiger partial charge is 0.231 e. The highest BCUT2D eigenvalue weighted by molar-refractivity contribution is 5.44. The van der Waals surface area contributed by atoms with E-state index in [0.717, 1.165) is 31.3 Å². The molecule has 3 rings (SSSR count). The first-order valence-corrected chi connectivity index (χ1v) is 7.53. The number of morpholine rings is 1. The van der Waals surface area contributed by atoms with Crippen molar-refractivity contribution in [2.45, 2.75) is 13.0 Å². The molecule has 0 bridgehead atoms. The maximum Gasteiger partial charge on any atom is 0.231 e. The SMILES string of the molecule is c1cc2c(cc1C[NH2+]CCC[NH+]1CCOCC1)OCO2. The number of nitrogens with one attached hydrogen (secondary N) is 1. The molecule has 1 aromatic carbocycles. The maximum atomic E-state index is 5.39. The Kier molecular flexibility index (Phi) is 4.73. The molecule has 0 radical (unpaired) electrons. The Hall–Kier alpha value is -1.30. The van der Waals surface area contributed by atoms with Crippen LogP contribution in [0.1, 0.15) is 12.0 Å². The molecule has 0 saturated carbocycles. The van der Waals surface area contributed by atoms with Crippen molar-refractivity contribution in [1.82, 2.24) is 0 Å². The summed E-state index contributed by atoms with van der Waals surface area (Å²) in [6.45, 7) is 8.00. The molecular weight excluding hydrogens is 256 g/mol. The summed E-state index contributed by atoms with van der Waals surface area (Å²) in [6, 6.07) is 6.21. The van der Waals surface area contributed by atoms with Crippen molar-refractivity contribution < 1.29 is 24.4 Å². The van der Waals surface area contributed by atoms with Gasteiger partial charge in [-0.2, -0.15) is 0 Å². The molecule has 2 heterocycles. The molecule has 110 valence electrons. The lowest BCUT2D eigenvalue weighted by atomic mass is 10.2. The van der Waals surface area contributed by atoms with Crippen LogP contribution in [0.5, 0.6) is 11.5 Å². The number of ether oxygens (including phenoxy) is 3. The van der Waals surface area contributed by atoms with E-state index in [1.807, 2.05) is 6.07 Å². The molecule has 0 amide bonds.